The molecule has 3 aromatic rings. The van der Waals surface area contributed by atoms with Gasteiger partial charge in [0.05, 0.1) is 21.6 Å². The highest BCUT2D eigenvalue weighted by Crippen LogP contribution is 2.26. The third-order valence-corrected chi connectivity index (χ3v) is 3.60. The van der Waals surface area contributed by atoms with Crippen LogP contribution < -0.4 is 0 Å². The fourth-order valence-electron chi connectivity index (χ4n) is 2.18. The molecule has 22 heavy (non-hydrogen) atoms. The number of benzene rings is 2. The molecule has 0 aliphatic rings. The number of phenolic OH excluding ortho intramolecular Hbond substituents is 1. The van der Waals surface area contributed by atoms with E-state index in [1.165, 1.54) is 6.07 Å². The van der Waals surface area contributed by atoms with Gasteiger partial charge in [0.2, 0.25) is 0 Å². The van der Waals surface area contributed by atoms with E-state index < -0.39 is 0 Å². The second-order valence-corrected chi connectivity index (χ2v) is 5.39. The lowest BCUT2D eigenvalue weighted by Gasteiger charge is -1.99. The standard InChI is InChI=1S/C17H12ClN3O/c1-10-2-4-14-15(6-10)21-17(20-14)12(9-19)7-11-3-5-16(22)13(18)8-11/h2-8,22H,1H3,(H,20,21). The molecule has 0 spiro atoms. The van der Waals surface area contributed by atoms with E-state index in [9.17, 15) is 10.4 Å². The highest BCUT2D eigenvalue weighted by Gasteiger charge is 2.08. The maximum absolute atomic E-state index is 9.44. The Morgan fingerprint density at radius 2 is 2.14 bits per heavy atom. The molecule has 0 saturated carbocycles. The molecule has 4 nitrogen and oxygen atoms in total. The van der Waals surface area contributed by atoms with Crippen molar-refractivity contribution in [3.8, 4) is 11.8 Å². The van der Waals surface area contributed by atoms with E-state index in [0.717, 1.165) is 22.2 Å². The van der Waals surface area contributed by atoms with Crippen LogP contribution in [0, 0.1) is 18.3 Å². The number of nitrogens with zero attached hydrogens (tertiary/aromatic N) is 2. The van der Waals surface area contributed by atoms with Crippen LogP contribution >= 0.6 is 11.6 Å². The predicted molar refractivity (Wildman–Crippen MR) is 87.4 cm³/mol. The molecule has 0 radical (unpaired) electrons. The van der Waals surface area contributed by atoms with Gasteiger partial charge in [-0.25, -0.2) is 4.98 Å². The van der Waals surface area contributed by atoms with Crippen molar-refractivity contribution in [3.05, 3.63) is 58.4 Å². The third-order valence-electron chi connectivity index (χ3n) is 3.30. The molecule has 0 bridgehead atoms. The number of allylic oxidation sites excluding steroid dienone is 1. The molecule has 1 heterocycles. The molecule has 108 valence electrons. The maximum atomic E-state index is 9.44. The zero-order chi connectivity index (χ0) is 15.7. The minimum absolute atomic E-state index is 0.0107. The number of rotatable bonds is 2. The van der Waals surface area contributed by atoms with E-state index in [0.29, 0.717) is 11.4 Å². The summed E-state index contributed by atoms with van der Waals surface area (Å²) in [4.78, 5) is 7.58. The van der Waals surface area contributed by atoms with E-state index in [1.54, 1.807) is 18.2 Å². The summed E-state index contributed by atoms with van der Waals surface area (Å²) in [5, 5.41) is 19.1. The first-order valence-corrected chi connectivity index (χ1v) is 7.01. The lowest BCUT2D eigenvalue weighted by molar-refractivity contribution is 0.475. The minimum Gasteiger partial charge on any atom is -0.506 e. The smallest absolute Gasteiger partial charge is 0.149 e. The molecule has 5 heteroatoms. The van der Waals surface area contributed by atoms with Crippen molar-refractivity contribution in [2.45, 2.75) is 6.92 Å². The summed E-state index contributed by atoms with van der Waals surface area (Å²) in [5.41, 5.74) is 3.94. The summed E-state index contributed by atoms with van der Waals surface area (Å²) in [6, 6.07) is 12.8. The SMILES string of the molecule is Cc1ccc2nc(C(C#N)=Cc3ccc(O)c(Cl)c3)[nH]c2c1. The van der Waals surface area contributed by atoms with Gasteiger partial charge in [-0.15, -0.1) is 0 Å². The summed E-state index contributed by atoms with van der Waals surface area (Å²) < 4.78 is 0. The number of aromatic hydroxyl groups is 1. The first kappa shape index (κ1) is 14.2. The van der Waals surface area contributed by atoms with Gasteiger partial charge in [-0.2, -0.15) is 5.26 Å². The molecular weight excluding hydrogens is 298 g/mol. The molecule has 0 aliphatic carbocycles. The van der Waals surface area contributed by atoms with Crippen LogP contribution in [0.4, 0.5) is 0 Å². The largest absolute Gasteiger partial charge is 0.506 e. The van der Waals surface area contributed by atoms with Gasteiger partial charge in [0.1, 0.15) is 17.6 Å². The van der Waals surface area contributed by atoms with E-state index in [1.807, 2.05) is 25.1 Å². The van der Waals surface area contributed by atoms with Crippen molar-refractivity contribution in [1.82, 2.24) is 9.97 Å². The number of hydrogen-bond donors (Lipinski definition) is 2. The first-order valence-electron chi connectivity index (χ1n) is 6.64. The van der Waals surface area contributed by atoms with Gasteiger partial charge in [0.15, 0.2) is 0 Å². The molecular formula is C17H12ClN3O. The van der Waals surface area contributed by atoms with Crippen LogP contribution in [0.15, 0.2) is 36.4 Å². The van der Waals surface area contributed by atoms with Crippen molar-refractivity contribution >= 4 is 34.3 Å². The van der Waals surface area contributed by atoms with E-state index in [4.69, 9.17) is 11.6 Å². The van der Waals surface area contributed by atoms with Crippen molar-refractivity contribution < 1.29 is 5.11 Å². The fourth-order valence-corrected chi connectivity index (χ4v) is 2.37. The molecule has 2 aromatic carbocycles. The number of fused-ring (bicyclic) bond motifs is 1. The Hall–Kier alpha value is -2.77. The summed E-state index contributed by atoms with van der Waals surface area (Å²) in [5.74, 6) is 0.517. The molecule has 0 saturated heterocycles. The Bertz CT molecular complexity index is 935. The fraction of sp³-hybridized carbons (Fsp3) is 0.0588. The lowest BCUT2D eigenvalue weighted by Crippen LogP contribution is -1.85. The van der Waals surface area contributed by atoms with Crippen LogP contribution in [0.5, 0.6) is 5.75 Å². The number of aromatic amines is 1. The van der Waals surface area contributed by atoms with Crippen LogP contribution in [0.25, 0.3) is 22.7 Å². The molecule has 0 unspecified atom stereocenters. The number of aryl methyl sites for hydroxylation is 1. The molecule has 0 amide bonds. The van der Waals surface area contributed by atoms with Crippen molar-refractivity contribution in [2.75, 3.05) is 0 Å². The quantitative estimate of drug-likeness (QED) is 0.693. The predicted octanol–water partition coefficient (Wildman–Crippen LogP) is 4.29. The number of imidazole rings is 1. The topological polar surface area (TPSA) is 72.7 Å². The average molecular weight is 310 g/mol. The van der Waals surface area contributed by atoms with Crippen LogP contribution in [0.2, 0.25) is 5.02 Å². The van der Waals surface area contributed by atoms with Crippen LogP contribution in [-0.2, 0) is 0 Å². The van der Waals surface area contributed by atoms with E-state index in [-0.39, 0.29) is 10.8 Å². The summed E-state index contributed by atoms with van der Waals surface area (Å²) in [7, 11) is 0. The Morgan fingerprint density at radius 1 is 1.32 bits per heavy atom. The van der Waals surface area contributed by atoms with Gasteiger partial charge in [0.25, 0.3) is 0 Å². The van der Waals surface area contributed by atoms with Crippen LogP contribution in [-0.4, -0.2) is 15.1 Å². The summed E-state index contributed by atoms with van der Waals surface area (Å²) in [6.07, 6.45) is 1.68. The van der Waals surface area contributed by atoms with E-state index in [2.05, 4.69) is 16.0 Å². The highest BCUT2D eigenvalue weighted by atomic mass is 35.5. The molecule has 0 atom stereocenters. The zero-order valence-corrected chi connectivity index (χ0v) is 12.5. The van der Waals surface area contributed by atoms with Crippen LogP contribution in [0.1, 0.15) is 17.0 Å². The molecule has 3 rings (SSSR count). The van der Waals surface area contributed by atoms with Crippen molar-refractivity contribution in [2.24, 2.45) is 0 Å². The highest BCUT2D eigenvalue weighted by molar-refractivity contribution is 6.32. The molecule has 1 aromatic heterocycles. The van der Waals surface area contributed by atoms with Gasteiger partial charge in [-0.3, -0.25) is 0 Å². The molecule has 2 N–H and O–H groups in total. The Labute approximate surface area is 132 Å². The van der Waals surface area contributed by atoms with Crippen molar-refractivity contribution in [1.29, 1.82) is 5.26 Å². The summed E-state index contributed by atoms with van der Waals surface area (Å²) >= 11 is 5.88. The first-order chi connectivity index (χ1) is 10.6. The maximum Gasteiger partial charge on any atom is 0.149 e. The number of halogens is 1. The Kier molecular flexibility index (Phi) is 3.58. The number of H-pyrrole nitrogens is 1. The van der Waals surface area contributed by atoms with Gasteiger partial charge in [0, 0.05) is 0 Å². The second kappa shape index (κ2) is 5.55. The monoisotopic (exact) mass is 309 g/mol. The van der Waals surface area contributed by atoms with Gasteiger partial charge >= 0.3 is 0 Å². The third kappa shape index (κ3) is 2.67. The Balaban J connectivity index is 2.07. The van der Waals surface area contributed by atoms with Crippen molar-refractivity contribution in [3.63, 3.8) is 0 Å². The minimum atomic E-state index is 0.0107. The number of nitriles is 1. The Morgan fingerprint density at radius 3 is 2.86 bits per heavy atom. The van der Waals surface area contributed by atoms with Gasteiger partial charge < -0.3 is 10.1 Å². The van der Waals surface area contributed by atoms with Crippen LogP contribution in [0.3, 0.4) is 0 Å². The average Bonchev–Trinajstić information content (AvgIpc) is 2.91. The number of aromatic nitrogens is 2. The lowest BCUT2D eigenvalue weighted by atomic mass is 10.1. The molecule has 0 aliphatic heterocycles. The normalized spacial score (nSPS) is 11.6. The number of phenols is 1. The van der Waals surface area contributed by atoms with E-state index >= 15 is 0 Å². The van der Waals surface area contributed by atoms with Gasteiger partial charge in [-0.05, 0) is 48.4 Å². The molecule has 0 fully saturated rings. The second-order valence-electron chi connectivity index (χ2n) is 4.99. The number of nitrogens with one attached hydrogen (secondary N) is 1. The number of hydrogen-bond acceptors (Lipinski definition) is 3. The van der Waals surface area contributed by atoms with Gasteiger partial charge in [-0.1, -0.05) is 23.7 Å². The summed E-state index contributed by atoms with van der Waals surface area (Å²) in [6.45, 7) is 2.00. The zero-order valence-electron chi connectivity index (χ0n) is 11.8.